The van der Waals surface area contributed by atoms with E-state index in [0.717, 1.165) is 16.6 Å². The molecule has 8 heteroatoms. The largest absolute Gasteiger partial charge is 0.464 e. The lowest BCUT2D eigenvalue weighted by atomic mass is 10.1. The Bertz CT molecular complexity index is 1050. The van der Waals surface area contributed by atoms with E-state index < -0.39 is 11.2 Å². The van der Waals surface area contributed by atoms with Gasteiger partial charge in [0.1, 0.15) is 6.61 Å². The molecule has 0 amide bonds. The van der Waals surface area contributed by atoms with Gasteiger partial charge in [0.25, 0.3) is 5.56 Å². The second-order valence-corrected chi connectivity index (χ2v) is 5.81. The van der Waals surface area contributed by atoms with E-state index in [0.29, 0.717) is 5.52 Å². The highest BCUT2D eigenvalue weighted by Gasteiger charge is 2.19. The van der Waals surface area contributed by atoms with E-state index in [2.05, 4.69) is 15.0 Å². The van der Waals surface area contributed by atoms with Crippen molar-refractivity contribution in [2.24, 2.45) is 0 Å². The molecule has 1 N–H and O–H groups in total. The Labute approximate surface area is 142 Å². The average Bonchev–Trinajstić information content (AvgIpc) is 2.56. The minimum absolute atomic E-state index is 0.0807. The lowest BCUT2D eigenvalue weighted by Crippen LogP contribution is -2.29. The average molecular weight is 342 g/mol. The fourth-order valence-corrected chi connectivity index (χ4v) is 2.63. The van der Waals surface area contributed by atoms with Crippen LogP contribution in [0, 0.1) is 13.8 Å². The second kappa shape index (κ2) is 6.46. The van der Waals surface area contributed by atoms with E-state index in [9.17, 15) is 14.4 Å². The number of carbonyl (C=O) groups excluding carboxylic acids is 1. The van der Waals surface area contributed by atoms with Crippen LogP contribution in [0.25, 0.3) is 22.6 Å². The first-order valence-electron chi connectivity index (χ1n) is 7.98. The molecule has 2 aliphatic rings. The molecule has 0 atom stereocenters. The van der Waals surface area contributed by atoms with E-state index in [4.69, 9.17) is 4.74 Å². The van der Waals surface area contributed by atoms with Gasteiger partial charge in [0.05, 0.1) is 17.6 Å². The number of aromatic nitrogens is 4. The summed E-state index contributed by atoms with van der Waals surface area (Å²) in [5.41, 5.74) is 2.17. The highest BCUT2D eigenvalue weighted by Crippen LogP contribution is 2.23. The number of ether oxygens (including phenoxy) is 1. The molecule has 0 saturated carbocycles. The summed E-state index contributed by atoms with van der Waals surface area (Å²) >= 11 is 0. The van der Waals surface area contributed by atoms with Crippen molar-refractivity contribution in [3.63, 3.8) is 0 Å². The van der Waals surface area contributed by atoms with Gasteiger partial charge >= 0.3 is 11.7 Å². The molecule has 2 heterocycles. The second-order valence-electron chi connectivity index (χ2n) is 5.81. The van der Waals surface area contributed by atoms with Gasteiger partial charge in [-0.2, -0.15) is 4.98 Å². The first-order valence-corrected chi connectivity index (χ1v) is 7.98. The van der Waals surface area contributed by atoms with Crippen molar-refractivity contribution >= 4 is 17.0 Å². The summed E-state index contributed by atoms with van der Waals surface area (Å²) < 4.78 is 6.83. The molecular formula is C17H18N4O4. The molecule has 1 aromatic carbocycles. The molecule has 25 heavy (non-hydrogen) atoms. The minimum Gasteiger partial charge on any atom is -0.464 e. The first-order chi connectivity index (χ1) is 11.9. The number of nitrogens with one attached hydrogen (secondary N) is 1. The smallest absolute Gasteiger partial charge is 0.349 e. The van der Waals surface area contributed by atoms with Crippen LogP contribution in [-0.2, 0) is 16.1 Å². The molecule has 2 aliphatic heterocycles. The third kappa shape index (κ3) is 3.15. The van der Waals surface area contributed by atoms with Crippen LogP contribution in [0.1, 0.15) is 24.5 Å². The predicted octanol–water partition coefficient (Wildman–Crippen LogP) is 1.15. The van der Waals surface area contributed by atoms with Crippen molar-refractivity contribution in [1.29, 1.82) is 0 Å². The number of benzene rings is 1. The third-order valence-electron chi connectivity index (χ3n) is 4.09. The lowest BCUT2D eigenvalue weighted by molar-refractivity contribution is -0.143. The number of carbonyl (C=O) groups is 1. The quantitative estimate of drug-likeness (QED) is 0.563. The number of esters is 1. The van der Waals surface area contributed by atoms with Gasteiger partial charge < -0.3 is 9.30 Å². The van der Waals surface area contributed by atoms with E-state index in [-0.39, 0.29) is 37.1 Å². The van der Waals surface area contributed by atoms with Crippen LogP contribution >= 0.6 is 0 Å². The molecule has 130 valence electrons. The number of aryl methyl sites for hydroxylation is 2. The number of rotatable bonds is 4. The van der Waals surface area contributed by atoms with Crippen LogP contribution in [-0.4, -0.2) is 32.1 Å². The van der Waals surface area contributed by atoms with Gasteiger partial charge in [-0.25, -0.2) is 9.78 Å². The monoisotopic (exact) mass is 342 g/mol. The third-order valence-corrected chi connectivity index (χ3v) is 4.09. The Kier molecular flexibility index (Phi) is 4.35. The molecule has 0 bridgehead atoms. The fourth-order valence-electron chi connectivity index (χ4n) is 2.63. The van der Waals surface area contributed by atoms with Crippen LogP contribution in [0.5, 0.6) is 0 Å². The van der Waals surface area contributed by atoms with Crippen molar-refractivity contribution < 1.29 is 9.53 Å². The number of hydrogen-bond donors (Lipinski definition) is 1. The molecule has 0 aliphatic carbocycles. The van der Waals surface area contributed by atoms with Gasteiger partial charge in [0.15, 0.2) is 11.5 Å². The number of nitrogens with zero attached hydrogens (tertiary/aromatic N) is 3. The number of H-pyrrole nitrogens is 1. The fraction of sp³-hybridized carbons (Fsp3) is 0.353. The van der Waals surface area contributed by atoms with Crippen LogP contribution in [0.3, 0.4) is 0 Å². The predicted molar refractivity (Wildman–Crippen MR) is 91.8 cm³/mol. The van der Waals surface area contributed by atoms with E-state index >= 15 is 0 Å². The molecule has 0 saturated heterocycles. The molecule has 0 fully saturated rings. The van der Waals surface area contributed by atoms with E-state index in [1.165, 1.54) is 0 Å². The summed E-state index contributed by atoms with van der Waals surface area (Å²) in [6.07, 6.45) is 0.281. The first kappa shape index (κ1) is 16.8. The molecule has 0 aromatic heterocycles. The van der Waals surface area contributed by atoms with Crippen molar-refractivity contribution in [3.05, 3.63) is 44.1 Å². The summed E-state index contributed by atoms with van der Waals surface area (Å²) in [7, 11) is 0. The van der Waals surface area contributed by atoms with Crippen LogP contribution in [0.2, 0.25) is 0 Å². The Hall–Kier alpha value is -3.03. The summed E-state index contributed by atoms with van der Waals surface area (Å²) in [4.78, 5) is 45.5. The Morgan fingerprint density at radius 2 is 1.92 bits per heavy atom. The number of hydrogen-bond acceptors (Lipinski definition) is 6. The summed E-state index contributed by atoms with van der Waals surface area (Å²) in [6, 6.07) is 3.80. The molecule has 8 nitrogen and oxygen atoms in total. The molecule has 0 radical (unpaired) electrons. The standard InChI is InChI=1S/C17H18N4O4/c1-4-13(22)25-6-5-21-12-8-10(3)9(2)7-11(12)18-14-15(21)19-17(24)20-16(14)23/h7-8H,4-6H2,1-3H3,(H,20,23,24). The summed E-state index contributed by atoms with van der Waals surface area (Å²) in [5.74, 6) is -0.136. The maximum atomic E-state index is 12.1. The van der Waals surface area contributed by atoms with Gasteiger partial charge in [-0.15, -0.1) is 0 Å². The Balaban J connectivity index is 2.24. The molecule has 3 rings (SSSR count). The van der Waals surface area contributed by atoms with Gasteiger partial charge in [-0.3, -0.25) is 14.6 Å². The normalized spacial score (nSPS) is 11.2. The van der Waals surface area contributed by atoms with Crippen molar-refractivity contribution in [2.45, 2.75) is 33.7 Å². The van der Waals surface area contributed by atoms with Gasteiger partial charge in [0, 0.05) is 6.42 Å². The van der Waals surface area contributed by atoms with Crippen LogP contribution < -0.4 is 11.2 Å². The Morgan fingerprint density at radius 3 is 2.64 bits per heavy atom. The van der Waals surface area contributed by atoms with Crippen molar-refractivity contribution in [3.8, 4) is 11.5 Å². The molecule has 0 spiro atoms. The van der Waals surface area contributed by atoms with Crippen molar-refractivity contribution in [2.75, 3.05) is 6.61 Å². The minimum atomic E-state index is -0.734. The van der Waals surface area contributed by atoms with E-state index in [1.54, 1.807) is 11.5 Å². The maximum Gasteiger partial charge on any atom is 0.349 e. The lowest BCUT2D eigenvalue weighted by Gasteiger charge is -2.17. The van der Waals surface area contributed by atoms with Crippen molar-refractivity contribution in [1.82, 2.24) is 19.5 Å². The van der Waals surface area contributed by atoms with E-state index in [1.807, 2.05) is 26.0 Å². The van der Waals surface area contributed by atoms with Gasteiger partial charge in [0.2, 0.25) is 0 Å². The SMILES string of the molecule is CCC(=O)OCCn1c2nc(=O)[nH]c(=O)c-2nc2cc(C)c(C)cc21. The van der Waals surface area contributed by atoms with Crippen LogP contribution in [0.4, 0.5) is 0 Å². The van der Waals surface area contributed by atoms with Gasteiger partial charge in [-0.1, -0.05) is 6.92 Å². The summed E-state index contributed by atoms with van der Waals surface area (Å²) in [5, 5.41) is 0. The summed E-state index contributed by atoms with van der Waals surface area (Å²) in [6.45, 7) is 6.01. The highest BCUT2D eigenvalue weighted by atomic mass is 16.5. The highest BCUT2D eigenvalue weighted by molar-refractivity contribution is 5.81. The Morgan fingerprint density at radius 1 is 1.20 bits per heavy atom. The maximum absolute atomic E-state index is 12.1. The molecule has 0 unspecified atom stereocenters. The number of fused-ring (bicyclic) bond motifs is 2. The zero-order valence-electron chi connectivity index (χ0n) is 14.3. The van der Waals surface area contributed by atoms with Gasteiger partial charge in [-0.05, 0) is 37.1 Å². The molecule has 1 aromatic rings. The van der Waals surface area contributed by atoms with Crippen LogP contribution in [0.15, 0.2) is 21.7 Å². The zero-order valence-corrected chi connectivity index (χ0v) is 14.3. The zero-order chi connectivity index (χ0) is 18.1. The molecular weight excluding hydrogens is 324 g/mol. The number of aromatic amines is 1. The topological polar surface area (TPSA) is 107 Å².